The zero-order valence-electron chi connectivity index (χ0n) is 10.6. The molecule has 1 aliphatic rings. The molecular formula is C14H17BrClNO2. The minimum atomic E-state index is -0.111. The van der Waals surface area contributed by atoms with Crippen LogP contribution in [0, 0.1) is 0 Å². The molecule has 1 saturated carbocycles. The van der Waals surface area contributed by atoms with Gasteiger partial charge in [0.1, 0.15) is 5.75 Å². The maximum atomic E-state index is 12.6. The van der Waals surface area contributed by atoms with Crippen molar-refractivity contribution in [1.29, 1.82) is 0 Å². The van der Waals surface area contributed by atoms with E-state index in [1.807, 2.05) is 4.90 Å². The molecule has 0 spiro atoms. The lowest BCUT2D eigenvalue weighted by atomic mass is 10.1. The van der Waals surface area contributed by atoms with Crippen LogP contribution >= 0.6 is 27.5 Å². The Kier molecular flexibility index (Phi) is 5.11. The van der Waals surface area contributed by atoms with Crippen LogP contribution in [-0.4, -0.2) is 33.8 Å². The summed E-state index contributed by atoms with van der Waals surface area (Å²) in [5.74, 6) is -0.157. The van der Waals surface area contributed by atoms with Crippen molar-refractivity contribution in [2.45, 2.75) is 31.7 Å². The molecule has 1 N–H and O–H groups in total. The molecule has 0 atom stereocenters. The molecule has 0 radical (unpaired) electrons. The summed E-state index contributed by atoms with van der Waals surface area (Å²) in [7, 11) is 0. The summed E-state index contributed by atoms with van der Waals surface area (Å²) in [5, 5.41) is 11.1. The van der Waals surface area contributed by atoms with Gasteiger partial charge < -0.3 is 10.0 Å². The van der Waals surface area contributed by atoms with E-state index < -0.39 is 0 Å². The average molecular weight is 347 g/mol. The number of hydrogen-bond donors (Lipinski definition) is 1. The number of rotatable bonds is 4. The highest BCUT2D eigenvalue weighted by Gasteiger charge is 2.28. The molecule has 0 aliphatic heterocycles. The lowest BCUT2D eigenvalue weighted by molar-refractivity contribution is 0.0693. The first kappa shape index (κ1) is 14.7. The number of halogens is 2. The van der Waals surface area contributed by atoms with Crippen molar-refractivity contribution in [3.63, 3.8) is 0 Å². The van der Waals surface area contributed by atoms with Crippen LogP contribution in [0.1, 0.15) is 36.0 Å². The number of phenols is 1. The second kappa shape index (κ2) is 6.62. The topological polar surface area (TPSA) is 40.5 Å². The third-order valence-corrected chi connectivity index (χ3v) is 4.13. The van der Waals surface area contributed by atoms with Gasteiger partial charge >= 0.3 is 0 Å². The highest BCUT2D eigenvalue weighted by molar-refractivity contribution is 9.09. The van der Waals surface area contributed by atoms with E-state index >= 15 is 0 Å². The van der Waals surface area contributed by atoms with E-state index in [1.54, 1.807) is 12.1 Å². The summed E-state index contributed by atoms with van der Waals surface area (Å²) in [5.41, 5.74) is 0.331. The maximum Gasteiger partial charge on any atom is 0.257 e. The molecule has 2 rings (SSSR count). The fourth-order valence-corrected chi connectivity index (χ4v) is 3.15. The third-order valence-electron chi connectivity index (χ3n) is 3.54. The van der Waals surface area contributed by atoms with E-state index in [0.29, 0.717) is 23.2 Å². The van der Waals surface area contributed by atoms with E-state index in [0.717, 1.165) is 18.2 Å². The molecule has 19 heavy (non-hydrogen) atoms. The van der Waals surface area contributed by atoms with Gasteiger partial charge in [-0.25, -0.2) is 0 Å². The van der Waals surface area contributed by atoms with Crippen molar-refractivity contribution in [3.05, 3.63) is 28.8 Å². The van der Waals surface area contributed by atoms with E-state index in [-0.39, 0.29) is 11.7 Å². The van der Waals surface area contributed by atoms with Crippen LogP contribution in [0.4, 0.5) is 0 Å². The van der Waals surface area contributed by atoms with Gasteiger partial charge in [0.15, 0.2) is 0 Å². The summed E-state index contributed by atoms with van der Waals surface area (Å²) in [6, 6.07) is 4.93. The first-order chi connectivity index (χ1) is 9.13. The molecule has 0 unspecified atom stereocenters. The van der Waals surface area contributed by atoms with Crippen molar-refractivity contribution >= 4 is 33.4 Å². The van der Waals surface area contributed by atoms with Crippen LogP contribution in [0.15, 0.2) is 18.2 Å². The number of alkyl halides is 1. The number of benzene rings is 1. The monoisotopic (exact) mass is 345 g/mol. The van der Waals surface area contributed by atoms with Crippen molar-refractivity contribution in [2.75, 3.05) is 11.9 Å². The van der Waals surface area contributed by atoms with Crippen LogP contribution in [0.5, 0.6) is 5.75 Å². The van der Waals surface area contributed by atoms with Gasteiger partial charge in [-0.05, 0) is 31.0 Å². The molecule has 0 heterocycles. The molecule has 0 bridgehead atoms. The third kappa shape index (κ3) is 3.42. The molecule has 1 fully saturated rings. The highest BCUT2D eigenvalue weighted by Crippen LogP contribution is 2.28. The molecule has 3 nitrogen and oxygen atoms in total. The summed E-state index contributed by atoms with van der Waals surface area (Å²) >= 11 is 9.19. The molecule has 0 saturated heterocycles. The Labute approximate surface area is 126 Å². The average Bonchev–Trinajstić information content (AvgIpc) is 2.89. The first-order valence-electron chi connectivity index (χ1n) is 6.49. The SMILES string of the molecule is O=C(c1ccc(Cl)cc1O)N(CCBr)C1CCCC1. The van der Waals surface area contributed by atoms with E-state index in [1.165, 1.54) is 18.9 Å². The summed E-state index contributed by atoms with van der Waals surface area (Å²) in [4.78, 5) is 14.4. The number of phenolic OH excluding ortho intramolecular Hbond substituents is 1. The molecule has 1 aromatic rings. The number of carbonyl (C=O) groups excluding carboxylic acids is 1. The van der Waals surface area contributed by atoms with Crippen molar-refractivity contribution < 1.29 is 9.90 Å². The molecule has 5 heteroatoms. The van der Waals surface area contributed by atoms with Crippen LogP contribution in [0.2, 0.25) is 5.02 Å². The predicted octanol–water partition coefficient (Wildman–Crippen LogP) is 3.83. The lowest BCUT2D eigenvalue weighted by Gasteiger charge is -2.28. The predicted molar refractivity (Wildman–Crippen MR) is 80.2 cm³/mol. The molecule has 1 aromatic carbocycles. The van der Waals surface area contributed by atoms with Crippen LogP contribution < -0.4 is 0 Å². The van der Waals surface area contributed by atoms with Crippen molar-refractivity contribution in [1.82, 2.24) is 4.90 Å². The van der Waals surface area contributed by atoms with Gasteiger partial charge in [0, 0.05) is 22.9 Å². The Hall–Kier alpha value is -0.740. The fourth-order valence-electron chi connectivity index (χ4n) is 2.60. The summed E-state index contributed by atoms with van der Waals surface area (Å²) in [6.07, 6.45) is 4.44. The standard InChI is InChI=1S/C14H17BrClNO2/c15-7-8-17(11-3-1-2-4-11)14(19)12-6-5-10(16)9-13(12)18/h5-6,9,11,18H,1-4,7-8H2. The first-order valence-corrected chi connectivity index (χ1v) is 7.99. The number of amides is 1. The molecule has 104 valence electrons. The molecule has 1 aliphatic carbocycles. The van der Waals surface area contributed by atoms with Gasteiger partial charge in [-0.3, -0.25) is 4.79 Å². The van der Waals surface area contributed by atoms with E-state index in [9.17, 15) is 9.90 Å². The molecule has 0 aromatic heterocycles. The summed E-state index contributed by atoms with van der Waals surface area (Å²) < 4.78 is 0. The normalized spacial score (nSPS) is 15.7. The number of nitrogens with zero attached hydrogens (tertiary/aromatic N) is 1. The number of hydrogen-bond acceptors (Lipinski definition) is 2. The second-order valence-electron chi connectivity index (χ2n) is 4.79. The molecular weight excluding hydrogens is 330 g/mol. The van der Waals surface area contributed by atoms with E-state index in [4.69, 9.17) is 11.6 Å². The Balaban J connectivity index is 2.22. The minimum Gasteiger partial charge on any atom is -0.507 e. The van der Waals surface area contributed by atoms with Crippen molar-refractivity contribution in [2.24, 2.45) is 0 Å². The van der Waals surface area contributed by atoms with Crippen LogP contribution in [0.3, 0.4) is 0 Å². The molecule has 1 amide bonds. The van der Waals surface area contributed by atoms with Crippen molar-refractivity contribution in [3.8, 4) is 5.75 Å². The van der Waals surface area contributed by atoms with Gasteiger partial charge in [0.25, 0.3) is 5.91 Å². The zero-order valence-corrected chi connectivity index (χ0v) is 13.0. The van der Waals surface area contributed by atoms with Crippen LogP contribution in [0.25, 0.3) is 0 Å². The zero-order chi connectivity index (χ0) is 13.8. The van der Waals surface area contributed by atoms with E-state index in [2.05, 4.69) is 15.9 Å². The maximum absolute atomic E-state index is 12.6. The summed E-state index contributed by atoms with van der Waals surface area (Å²) in [6.45, 7) is 0.658. The second-order valence-corrected chi connectivity index (χ2v) is 6.02. The van der Waals surface area contributed by atoms with Crippen LogP contribution in [-0.2, 0) is 0 Å². The Morgan fingerprint density at radius 2 is 2.11 bits per heavy atom. The number of carbonyl (C=O) groups is 1. The lowest BCUT2D eigenvalue weighted by Crippen LogP contribution is -2.40. The minimum absolute atomic E-state index is 0.0462. The smallest absolute Gasteiger partial charge is 0.257 e. The van der Waals surface area contributed by atoms with Gasteiger partial charge in [-0.2, -0.15) is 0 Å². The fraction of sp³-hybridized carbons (Fsp3) is 0.500. The van der Waals surface area contributed by atoms with Gasteiger partial charge in [-0.15, -0.1) is 0 Å². The Bertz CT molecular complexity index is 461. The van der Waals surface area contributed by atoms with Gasteiger partial charge in [0.2, 0.25) is 0 Å². The highest BCUT2D eigenvalue weighted by atomic mass is 79.9. The van der Waals surface area contributed by atoms with Gasteiger partial charge in [0.05, 0.1) is 5.56 Å². The largest absolute Gasteiger partial charge is 0.507 e. The number of aromatic hydroxyl groups is 1. The Morgan fingerprint density at radius 1 is 1.42 bits per heavy atom. The Morgan fingerprint density at radius 3 is 2.68 bits per heavy atom. The quantitative estimate of drug-likeness (QED) is 0.842. The van der Waals surface area contributed by atoms with Gasteiger partial charge in [-0.1, -0.05) is 40.4 Å².